The molecule has 0 fully saturated rings. The van der Waals surface area contributed by atoms with E-state index in [1.165, 1.54) is 9.21 Å². The van der Waals surface area contributed by atoms with Crippen molar-refractivity contribution in [3.05, 3.63) is 63.1 Å². The van der Waals surface area contributed by atoms with Crippen LogP contribution in [0.2, 0.25) is 10.0 Å². The molecule has 7 nitrogen and oxygen atoms in total. The normalized spacial score (nSPS) is 12.2. The SMILES string of the molecule is CCNC(=O)[C@@H](C)N(Cc1ccc(Cl)c(Cl)c1)C(=O)CCCN(c1cc(C)ccc1C)S(C)(=O)=O. The van der Waals surface area contributed by atoms with Crippen molar-refractivity contribution in [2.45, 2.75) is 53.1 Å². The molecule has 0 saturated carbocycles. The Labute approximate surface area is 218 Å². The molecule has 2 aromatic rings. The Kier molecular flexibility index (Phi) is 10.4. The number of hydrogen-bond donors (Lipinski definition) is 1. The van der Waals surface area contributed by atoms with Gasteiger partial charge in [-0.2, -0.15) is 0 Å². The lowest BCUT2D eigenvalue weighted by molar-refractivity contribution is -0.140. The molecule has 10 heteroatoms. The quantitative estimate of drug-likeness (QED) is 0.446. The van der Waals surface area contributed by atoms with Crippen molar-refractivity contribution in [1.82, 2.24) is 10.2 Å². The van der Waals surface area contributed by atoms with Crippen molar-refractivity contribution < 1.29 is 18.0 Å². The largest absolute Gasteiger partial charge is 0.355 e. The summed E-state index contributed by atoms with van der Waals surface area (Å²) in [6.07, 6.45) is 1.52. The molecular weight excluding hydrogens is 509 g/mol. The Morgan fingerprint density at radius 1 is 1.06 bits per heavy atom. The number of rotatable bonds is 11. The van der Waals surface area contributed by atoms with E-state index in [4.69, 9.17) is 23.2 Å². The Hall–Kier alpha value is -2.29. The van der Waals surface area contributed by atoms with Crippen LogP contribution in [0.4, 0.5) is 5.69 Å². The van der Waals surface area contributed by atoms with Gasteiger partial charge in [-0.05, 0) is 69.0 Å². The van der Waals surface area contributed by atoms with Gasteiger partial charge < -0.3 is 10.2 Å². The summed E-state index contributed by atoms with van der Waals surface area (Å²) in [4.78, 5) is 27.3. The fourth-order valence-corrected chi connectivity index (χ4v) is 5.05. The summed E-state index contributed by atoms with van der Waals surface area (Å²) in [7, 11) is -3.55. The highest BCUT2D eigenvalue weighted by Gasteiger charge is 2.27. The standard InChI is InChI=1S/C25H33Cl2N3O4S/c1-6-28-25(32)19(4)29(16-20-11-12-21(26)22(27)15-20)24(31)8-7-13-30(35(5,33)34)23-14-17(2)9-10-18(23)3/h9-12,14-15,19H,6-8,13,16H2,1-5H3,(H,28,32)/t19-/m1/s1. The molecule has 35 heavy (non-hydrogen) atoms. The van der Waals surface area contributed by atoms with E-state index in [1.54, 1.807) is 25.1 Å². The highest BCUT2D eigenvalue weighted by Crippen LogP contribution is 2.26. The number of sulfonamides is 1. The van der Waals surface area contributed by atoms with Crippen LogP contribution in [0.1, 0.15) is 43.4 Å². The molecule has 0 unspecified atom stereocenters. The minimum absolute atomic E-state index is 0.0714. The van der Waals surface area contributed by atoms with Gasteiger partial charge in [0.05, 0.1) is 22.0 Å². The van der Waals surface area contributed by atoms with Crippen molar-refractivity contribution in [3.8, 4) is 0 Å². The van der Waals surface area contributed by atoms with E-state index >= 15 is 0 Å². The molecule has 2 amide bonds. The van der Waals surface area contributed by atoms with Crippen LogP contribution < -0.4 is 9.62 Å². The summed E-state index contributed by atoms with van der Waals surface area (Å²) in [5.41, 5.74) is 3.11. The van der Waals surface area contributed by atoms with Gasteiger partial charge in [0.2, 0.25) is 21.8 Å². The van der Waals surface area contributed by atoms with Gasteiger partial charge in [0, 0.05) is 26.1 Å². The smallest absolute Gasteiger partial charge is 0.242 e. The Balaban J connectivity index is 2.21. The number of nitrogens with zero attached hydrogens (tertiary/aromatic N) is 2. The van der Waals surface area contributed by atoms with E-state index in [2.05, 4.69) is 5.32 Å². The van der Waals surface area contributed by atoms with Crippen molar-refractivity contribution >= 4 is 50.7 Å². The minimum atomic E-state index is -3.55. The number of benzene rings is 2. The van der Waals surface area contributed by atoms with E-state index in [9.17, 15) is 18.0 Å². The highest BCUT2D eigenvalue weighted by molar-refractivity contribution is 7.92. The molecule has 0 radical (unpaired) electrons. The van der Waals surface area contributed by atoms with E-state index in [1.807, 2.05) is 39.0 Å². The van der Waals surface area contributed by atoms with Gasteiger partial charge in [0.15, 0.2) is 0 Å². The summed E-state index contributed by atoms with van der Waals surface area (Å²) in [6, 6.07) is 9.97. The summed E-state index contributed by atoms with van der Waals surface area (Å²) in [5, 5.41) is 3.51. The Morgan fingerprint density at radius 2 is 1.74 bits per heavy atom. The number of carbonyl (C=O) groups excluding carboxylic acids is 2. The first kappa shape index (κ1) is 28.9. The molecule has 0 heterocycles. The number of carbonyl (C=O) groups is 2. The van der Waals surface area contributed by atoms with Gasteiger partial charge in [-0.1, -0.05) is 41.4 Å². The fraction of sp³-hybridized carbons (Fsp3) is 0.440. The number of likely N-dealkylation sites (N-methyl/N-ethyl adjacent to an activating group) is 1. The second-order valence-corrected chi connectivity index (χ2v) is 11.3. The molecule has 0 spiro atoms. The van der Waals surface area contributed by atoms with Crippen LogP contribution in [0.3, 0.4) is 0 Å². The zero-order valence-electron chi connectivity index (χ0n) is 20.8. The first-order chi connectivity index (χ1) is 16.3. The van der Waals surface area contributed by atoms with Gasteiger partial charge in [0.1, 0.15) is 6.04 Å². The monoisotopic (exact) mass is 541 g/mol. The first-order valence-electron chi connectivity index (χ1n) is 11.4. The van der Waals surface area contributed by atoms with E-state index in [0.29, 0.717) is 28.7 Å². The van der Waals surface area contributed by atoms with Gasteiger partial charge in [0.25, 0.3) is 0 Å². The van der Waals surface area contributed by atoms with Crippen LogP contribution in [0.15, 0.2) is 36.4 Å². The third kappa shape index (κ3) is 8.12. The summed E-state index contributed by atoms with van der Waals surface area (Å²) >= 11 is 12.1. The summed E-state index contributed by atoms with van der Waals surface area (Å²) in [5.74, 6) is -0.529. The van der Waals surface area contributed by atoms with Crippen LogP contribution in [0, 0.1) is 13.8 Å². The molecule has 0 aliphatic heterocycles. The second kappa shape index (κ2) is 12.6. The van der Waals surface area contributed by atoms with Crippen LogP contribution in [-0.2, 0) is 26.2 Å². The van der Waals surface area contributed by atoms with Gasteiger partial charge in [-0.25, -0.2) is 8.42 Å². The second-order valence-electron chi connectivity index (χ2n) is 8.57. The van der Waals surface area contributed by atoms with E-state index in [-0.39, 0.29) is 31.3 Å². The fourth-order valence-electron chi connectivity index (χ4n) is 3.71. The maximum atomic E-state index is 13.3. The Morgan fingerprint density at radius 3 is 2.34 bits per heavy atom. The summed E-state index contributed by atoms with van der Waals surface area (Å²) in [6.45, 7) is 7.98. The van der Waals surface area contributed by atoms with Crippen molar-refractivity contribution in [3.63, 3.8) is 0 Å². The number of anilines is 1. The van der Waals surface area contributed by atoms with Crippen molar-refractivity contribution in [2.75, 3.05) is 23.7 Å². The molecule has 0 aliphatic carbocycles. The molecule has 0 bridgehead atoms. The molecule has 0 saturated heterocycles. The molecule has 1 N–H and O–H groups in total. The lowest BCUT2D eigenvalue weighted by Gasteiger charge is -2.29. The van der Waals surface area contributed by atoms with Crippen molar-refractivity contribution in [2.24, 2.45) is 0 Å². The van der Waals surface area contributed by atoms with Crippen molar-refractivity contribution in [1.29, 1.82) is 0 Å². The van der Waals surface area contributed by atoms with Gasteiger partial charge in [-0.15, -0.1) is 0 Å². The van der Waals surface area contributed by atoms with Gasteiger partial charge >= 0.3 is 0 Å². The molecule has 1 atom stereocenters. The maximum Gasteiger partial charge on any atom is 0.242 e. The van der Waals surface area contributed by atoms with E-state index in [0.717, 1.165) is 22.9 Å². The average Bonchev–Trinajstić information content (AvgIpc) is 2.78. The van der Waals surface area contributed by atoms with Crippen LogP contribution in [-0.4, -0.2) is 50.5 Å². The molecule has 0 aromatic heterocycles. The molecule has 0 aliphatic rings. The lowest BCUT2D eigenvalue weighted by Crippen LogP contribution is -2.47. The molecule has 2 aromatic carbocycles. The highest BCUT2D eigenvalue weighted by atomic mass is 35.5. The van der Waals surface area contributed by atoms with Crippen LogP contribution >= 0.6 is 23.2 Å². The number of halogens is 2. The predicted octanol–water partition coefficient (Wildman–Crippen LogP) is 4.71. The predicted molar refractivity (Wildman–Crippen MR) is 142 cm³/mol. The lowest BCUT2D eigenvalue weighted by atomic mass is 10.1. The number of nitrogens with one attached hydrogen (secondary N) is 1. The zero-order chi connectivity index (χ0) is 26.3. The average molecular weight is 543 g/mol. The minimum Gasteiger partial charge on any atom is -0.355 e. The van der Waals surface area contributed by atoms with E-state index < -0.39 is 16.1 Å². The number of hydrogen-bond acceptors (Lipinski definition) is 4. The first-order valence-corrected chi connectivity index (χ1v) is 14.0. The number of amides is 2. The summed E-state index contributed by atoms with van der Waals surface area (Å²) < 4.78 is 26.4. The topological polar surface area (TPSA) is 86.8 Å². The molecule has 2 rings (SSSR count). The zero-order valence-corrected chi connectivity index (χ0v) is 23.1. The maximum absolute atomic E-state index is 13.3. The van der Waals surface area contributed by atoms with Crippen LogP contribution in [0.5, 0.6) is 0 Å². The third-order valence-corrected chi connectivity index (χ3v) is 7.56. The third-order valence-electron chi connectivity index (χ3n) is 5.64. The number of aryl methyl sites for hydroxylation is 2. The molecule has 192 valence electrons. The van der Waals surface area contributed by atoms with Gasteiger partial charge in [-0.3, -0.25) is 13.9 Å². The molecular formula is C25H33Cl2N3O4S. The van der Waals surface area contributed by atoms with Crippen LogP contribution in [0.25, 0.3) is 0 Å². The Bertz CT molecular complexity index is 1170.